The number of rotatable bonds is 11. The van der Waals surface area contributed by atoms with Crippen LogP contribution in [0.3, 0.4) is 0 Å². The van der Waals surface area contributed by atoms with Gasteiger partial charge in [0.2, 0.25) is 10.0 Å². The van der Waals surface area contributed by atoms with Crippen molar-refractivity contribution in [3.05, 3.63) is 60.2 Å². The highest BCUT2D eigenvalue weighted by molar-refractivity contribution is 7.89. The molecule has 0 aromatic heterocycles. The minimum absolute atomic E-state index is 0.0294. The summed E-state index contributed by atoms with van der Waals surface area (Å²) in [6, 6.07) is 13.9. The van der Waals surface area contributed by atoms with E-state index in [4.69, 9.17) is 24.1 Å². The van der Waals surface area contributed by atoms with Gasteiger partial charge >= 0.3 is 6.09 Å². The van der Waals surface area contributed by atoms with E-state index in [1.54, 1.807) is 0 Å². The molecule has 4 rings (SSSR count). The number of nitrogens with two attached hydrogens (primary N) is 1. The third kappa shape index (κ3) is 7.03. The van der Waals surface area contributed by atoms with Crippen LogP contribution in [0.15, 0.2) is 59.5 Å². The lowest BCUT2D eigenvalue weighted by Crippen LogP contribution is -2.51. The molecule has 0 unspecified atom stereocenters. The van der Waals surface area contributed by atoms with Crippen molar-refractivity contribution < 1.29 is 36.6 Å². The second-order valence-corrected chi connectivity index (χ2v) is 11.8. The number of carbonyl (C=O) groups is 1. The topological polar surface area (TPSA) is 140 Å². The molecule has 2 heterocycles. The molecular formula is C27H37N3O7S. The standard InChI is InChI=1S/C27H37N3O7S/c1-18(2)15-30(38(33,34)21-10-8-20(28)9-11-21)16-24(31)23(14-19-6-4-3-5-7-19)29-27(32)37-25-17-36-26-22(25)12-13-35-26/h3-11,18,22-26,31H,12-17,28H2,1-2H3,(H,29,32)/t22-,23-,24+,25-,26+/m0/s1/i13D2,22D. The summed E-state index contributed by atoms with van der Waals surface area (Å²) in [6.45, 7) is 1.29. The SMILES string of the molecule is [2H]C1([2H])C[C@]2([2H])[C@@H](OC[C@@H]2OC(=O)N[C@@H](Cc2ccccc2)[C@H](O)CN(CC(C)C)S(=O)(=O)c2ccc(N)cc2)O1. The highest BCUT2D eigenvalue weighted by Crippen LogP contribution is 2.33. The van der Waals surface area contributed by atoms with E-state index < -0.39 is 53.1 Å². The highest BCUT2D eigenvalue weighted by atomic mass is 32.2. The number of ether oxygens (including phenoxy) is 3. The Balaban J connectivity index is 1.52. The van der Waals surface area contributed by atoms with Crippen molar-refractivity contribution in [3.8, 4) is 0 Å². The molecule has 2 aromatic carbocycles. The zero-order chi connectivity index (χ0) is 30.0. The lowest BCUT2D eigenvalue weighted by Gasteiger charge is -2.31. The first kappa shape index (κ1) is 24.3. The number of hydrogen-bond donors (Lipinski definition) is 3. The van der Waals surface area contributed by atoms with Gasteiger partial charge in [0.05, 0.1) is 38.8 Å². The predicted molar refractivity (Wildman–Crippen MR) is 142 cm³/mol. The Bertz CT molecular complexity index is 1300. The summed E-state index contributed by atoms with van der Waals surface area (Å²) in [7, 11) is -4.01. The van der Waals surface area contributed by atoms with Crippen LogP contribution in [-0.4, -0.2) is 74.7 Å². The third-order valence-corrected chi connectivity index (χ3v) is 8.22. The van der Waals surface area contributed by atoms with E-state index in [0.717, 1.165) is 5.56 Å². The van der Waals surface area contributed by atoms with Gasteiger partial charge in [-0.1, -0.05) is 44.2 Å². The summed E-state index contributed by atoms with van der Waals surface area (Å²) in [5, 5.41) is 14.0. The summed E-state index contributed by atoms with van der Waals surface area (Å²) >= 11 is 0. The molecule has 5 atom stereocenters. The molecule has 10 nitrogen and oxygen atoms in total. The average Bonchev–Trinajstić information content (AvgIpc) is 3.30. The van der Waals surface area contributed by atoms with E-state index in [1.165, 1.54) is 28.6 Å². The average molecular weight is 551 g/mol. The third-order valence-electron chi connectivity index (χ3n) is 6.37. The fourth-order valence-electron chi connectivity index (χ4n) is 4.43. The quantitative estimate of drug-likeness (QED) is 0.362. The normalized spacial score (nSPS) is 27.2. The van der Waals surface area contributed by atoms with Crippen LogP contribution in [0.5, 0.6) is 0 Å². The molecule has 0 radical (unpaired) electrons. The van der Waals surface area contributed by atoms with Gasteiger partial charge in [0.25, 0.3) is 0 Å². The Morgan fingerprint density at radius 3 is 2.61 bits per heavy atom. The number of benzene rings is 2. The van der Waals surface area contributed by atoms with Crippen molar-refractivity contribution >= 4 is 21.8 Å². The van der Waals surface area contributed by atoms with Crippen molar-refractivity contribution in [2.75, 3.05) is 32.0 Å². The molecule has 0 bridgehead atoms. The van der Waals surface area contributed by atoms with Crippen LogP contribution in [0.4, 0.5) is 10.5 Å². The van der Waals surface area contributed by atoms with Gasteiger partial charge in [0, 0.05) is 20.1 Å². The zero-order valence-electron chi connectivity index (χ0n) is 24.4. The first-order valence-electron chi connectivity index (χ1n) is 14.0. The van der Waals surface area contributed by atoms with Gasteiger partial charge in [-0.25, -0.2) is 13.2 Å². The molecule has 0 aliphatic carbocycles. The molecule has 1 amide bonds. The van der Waals surface area contributed by atoms with Crippen LogP contribution in [0.25, 0.3) is 0 Å². The van der Waals surface area contributed by atoms with Gasteiger partial charge in [0.15, 0.2) is 6.29 Å². The maximum absolute atomic E-state index is 13.5. The van der Waals surface area contributed by atoms with Gasteiger partial charge in [0.1, 0.15) is 6.10 Å². The van der Waals surface area contributed by atoms with E-state index in [2.05, 4.69) is 5.32 Å². The number of anilines is 1. The number of sulfonamides is 1. The number of alkyl carbamates (subject to hydrolysis) is 1. The summed E-state index contributed by atoms with van der Waals surface area (Å²) < 4.78 is 68.5. The minimum Gasteiger partial charge on any atom is -0.443 e. The molecule has 2 aliphatic rings. The van der Waals surface area contributed by atoms with Crippen LogP contribution in [0.2, 0.25) is 0 Å². The number of carbonyl (C=O) groups excluding carboxylic acids is 1. The van der Waals surface area contributed by atoms with Crippen LogP contribution < -0.4 is 11.1 Å². The second kappa shape index (κ2) is 12.4. The fourth-order valence-corrected chi connectivity index (χ4v) is 6.05. The van der Waals surface area contributed by atoms with Crippen LogP contribution in [0.1, 0.15) is 29.9 Å². The monoisotopic (exact) mass is 550 g/mol. The van der Waals surface area contributed by atoms with Crippen molar-refractivity contribution in [2.24, 2.45) is 11.8 Å². The van der Waals surface area contributed by atoms with E-state index in [1.807, 2.05) is 44.2 Å². The number of nitrogens with one attached hydrogen (secondary N) is 1. The number of aliphatic hydroxyl groups is 1. The molecule has 4 N–H and O–H groups in total. The molecule has 2 aliphatic heterocycles. The molecule has 208 valence electrons. The Hall–Kier alpha value is -2.70. The van der Waals surface area contributed by atoms with E-state index in [9.17, 15) is 18.3 Å². The summed E-state index contributed by atoms with van der Waals surface area (Å²) in [6.07, 6.45) is -4.75. The number of aliphatic hydroxyl groups excluding tert-OH is 1. The van der Waals surface area contributed by atoms with Crippen LogP contribution >= 0.6 is 0 Å². The molecule has 0 spiro atoms. The molecule has 11 heteroatoms. The summed E-state index contributed by atoms with van der Waals surface area (Å²) in [5.41, 5.74) is 6.93. The zero-order valence-corrected chi connectivity index (χ0v) is 22.3. The maximum atomic E-state index is 13.5. The van der Waals surface area contributed by atoms with Crippen LogP contribution in [0, 0.1) is 11.8 Å². The van der Waals surface area contributed by atoms with E-state index in [-0.39, 0.29) is 43.4 Å². The van der Waals surface area contributed by atoms with Gasteiger partial charge in [-0.15, -0.1) is 0 Å². The second-order valence-electron chi connectivity index (χ2n) is 9.87. The first-order chi connectivity index (χ1) is 19.2. The Kier molecular flexibility index (Phi) is 7.97. The fraction of sp³-hybridized carbons (Fsp3) is 0.519. The molecular weight excluding hydrogens is 510 g/mol. The van der Waals surface area contributed by atoms with Gasteiger partial charge in [-0.05, 0) is 48.6 Å². The Morgan fingerprint density at radius 1 is 1.21 bits per heavy atom. The van der Waals surface area contributed by atoms with E-state index >= 15 is 0 Å². The number of nitrogen functional groups attached to an aromatic ring is 1. The van der Waals surface area contributed by atoms with Crippen molar-refractivity contribution in [1.29, 1.82) is 0 Å². The molecule has 2 fully saturated rings. The molecule has 38 heavy (non-hydrogen) atoms. The number of amides is 1. The number of fused-ring (bicyclic) bond motifs is 1. The molecule has 2 saturated heterocycles. The molecule has 0 saturated carbocycles. The lowest BCUT2D eigenvalue weighted by molar-refractivity contribution is -0.0907. The minimum atomic E-state index is -4.01. The molecule has 2 aromatic rings. The van der Waals surface area contributed by atoms with Crippen LogP contribution in [-0.2, 0) is 30.7 Å². The largest absolute Gasteiger partial charge is 0.443 e. The Labute approximate surface area is 228 Å². The highest BCUT2D eigenvalue weighted by Gasteiger charge is 2.44. The van der Waals surface area contributed by atoms with Crippen molar-refractivity contribution in [2.45, 2.75) is 56.1 Å². The lowest BCUT2D eigenvalue weighted by atomic mass is 10.0. The number of hydrogen-bond acceptors (Lipinski definition) is 8. The van der Waals surface area contributed by atoms with Gasteiger partial charge in [-0.2, -0.15) is 4.31 Å². The van der Waals surface area contributed by atoms with Crippen molar-refractivity contribution in [3.63, 3.8) is 0 Å². The smallest absolute Gasteiger partial charge is 0.407 e. The van der Waals surface area contributed by atoms with Gasteiger partial charge < -0.3 is 30.4 Å². The maximum Gasteiger partial charge on any atom is 0.407 e. The summed E-state index contributed by atoms with van der Waals surface area (Å²) in [5.74, 6) is -1.69. The first-order valence-corrected chi connectivity index (χ1v) is 14.0. The van der Waals surface area contributed by atoms with Crippen molar-refractivity contribution in [1.82, 2.24) is 9.62 Å². The Morgan fingerprint density at radius 2 is 1.92 bits per heavy atom. The number of nitrogens with zero attached hydrogens (tertiary/aromatic N) is 1. The van der Waals surface area contributed by atoms with E-state index in [0.29, 0.717) is 5.69 Å². The van der Waals surface area contributed by atoms with Gasteiger partial charge in [-0.3, -0.25) is 0 Å². The summed E-state index contributed by atoms with van der Waals surface area (Å²) in [4.78, 5) is 13.1. The predicted octanol–water partition coefficient (Wildman–Crippen LogP) is 2.38.